The minimum absolute atomic E-state index is 0.153. The normalized spacial score (nSPS) is 40.7. The highest BCUT2D eigenvalue weighted by atomic mass is 16.6. The molecule has 4 aliphatic carbocycles. The van der Waals surface area contributed by atoms with Crippen LogP contribution in [0.15, 0.2) is 16.8 Å². The molecule has 0 aromatic carbocycles. The maximum Gasteiger partial charge on any atom is 0.328 e. The summed E-state index contributed by atoms with van der Waals surface area (Å²) in [5.74, 6) is 2.13. The van der Waals surface area contributed by atoms with Crippen molar-refractivity contribution in [3.8, 4) is 0 Å². The molecule has 5 aliphatic rings. The molecular weight excluding hydrogens is 456 g/mol. The van der Waals surface area contributed by atoms with Crippen molar-refractivity contribution >= 4 is 23.4 Å². The van der Waals surface area contributed by atoms with Crippen LogP contribution in [0.25, 0.3) is 0 Å². The second kappa shape index (κ2) is 9.60. The van der Waals surface area contributed by atoms with Crippen molar-refractivity contribution in [1.29, 1.82) is 0 Å². The first-order valence-corrected chi connectivity index (χ1v) is 14.0. The summed E-state index contributed by atoms with van der Waals surface area (Å²) in [6, 6.07) is -0.505. The van der Waals surface area contributed by atoms with Crippen molar-refractivity contribution in [1.82, 2.24) is 4.90 Å². The van der Waals surface area contributed by atoms with E-state index in [0.29, 0.717) is 36.5 Å². The number of amides is 1. The zero-order chi connectivity index (χ0) is 25.7. The van der Waals surface area contributed by atoms with Crippen LogP contribution >= 0.6 is 0 Å². The van der Waals surface area contributed by atoms with E-state index in [2.05, 4.69) is 25.1 Å². The Kier molecular flexibility index (Phi) is 6.80. The third-order valence-electron chi connectivity index (χ3n) is 10.9. The second-order valence-electron chi connectivity index (χ2n) is 12.4. The lowest BCUT2D eigenvalue weighted by atomic mass is 9.46. The van der Waals surface area contributed by atoms with Crippen molar-refractivity contribution in [2.24, 2.45) is 39.7 Å². The molecule has 7 atom stereocenters. The molecule has 0 aromatic rings. The van der Waals surface area contributed by atoms with E-state index in [9.17, 15) is 14.4 Å². The number of rotatable bonds is 5. The number of ether oxygens (including phenoxy) is 1. The molecule has 7 nitrogen and oxygen atoms in total. The predicted molar refractivity (Wildman–Crippen MR) is 136 cm³/mol. The molecule has 5 unspecified atom stereocenters. The quantitative estimate of drug-likeness (QED) is 0.405. The number of ketones is 1. The monoisotopic (exact) mass is 498 g/mol. The molecule has 0 spiro atoms. The van der Waals surface area contributed by atoms with E-state index in [1.54, 1.807) is 11.8 Å². The summed E-state index contributed by atoms with van der Waals surface area (Å²) >= 11 is 0. The molecule has 0 N–H and O–H groups in total. The van der Waals surface area contributed by atoms with Gasteiger partial charge in [0.05, 0.1) is 12.8 Å². The SMILES string of the molecule is COC(=O)C1CCCN1C(=O)CON=C1C=C2CCC3C4CCC(C(C)=O)[C@@]4(C)CCC3[C@@]2(C)CC1. The Morgan fingerprint density at radius 1 is 1.06 bits per heavy atom. The first-order valence-electron chi connectivity index (χ1n) is 14.0. The molecule has 7 heteroatoms. The maximum atomic E-state index is 12.6. The molecule has 5 rings (SSSR count). The Hall–Kier alpha value is -2.18. The van der Waals surface area contributed by atoms with Crippen LogP contribution in [-0.4, -0.2) is 54.6 Å². The lowest BCUT2D eigenvalue weighted by Crippen LogP contribution is -2.51. The molecule has 0 aromatic heterocycles. The lowest BCUT2D eigenvalue weighted by Gasteiger charge is -2.58. The van der Waals surface area contributed by atoms with E-state index in [0.717, 1.165) is 37.8 Å². The Labute approximate surface area is 215 Å². The summed E-state index contributed by atoms with van der Waals surface area (Å²) in [4.78, 5) is 44.0. The van der Waals surface area contributed by atoms with Crippen molar-refractivity contribution in [2.75, 3.05) is 20.3 Å². The molecule has 1 aliphatic heterocycles. The minimum atomic E-state index is -0.505. The van der Waals surface area contributed by atoms with Gasteiger partial charge in [-0.05, 0) is 106 Å². The van der Waals surface area contributed by atoms with Gasteiger partial charge in [-0.15, -0.1) is 0 Å². The van der Waals surface area contributed by atoms with E-state index in [1.165, 1.54) is 38.4 Å². The maximum absolute atomic E-state index is 12.6. The van der Waals surface area contributed by atoms with Crippen molar-refractivity contribution in [2.45, 2.75) is 91.0 Å². The van der Waals surface area contributed by atoms with Crippen LogP contribution in [0.3, 0.4) is 0 Å². The zero-order valence-corrected chi connectivity index (χ0v) is 22.4. The van der Waals surface area contributed by atoms with Crippen LogP contribution < -0.4 is 0 Å². The average Bonchev–Trinajstić information content (AvgIpc) is 3.48. The Balaban J connectivity index is 1.23. The number of allylic oxidation sites excluding steroid dienone is 2. The highest BCUT2D eigenvalue weighted by Crippen LogP contribution is 2.66. The van der Waals surface area contributed by atoms with Gasteiger partial charge in [0.2, 0.25) is 0 Å². The first-order chi connectivity index (χ1) is 17.2. The van der Waals surface area contributed by atoms with Gasteiger partial charge in [0.15, 0.2) is 6.61 Å². The molecule has 1 heterocycles. The number of nitrogens with zero attached hydrogens (tertiary/aromatic N) is 2. The standard InChI is InChI=1S/C29H42N2O5/c1-18(32)22-9-10-23-21-8-7-19-16-20(11-13-28(19,2)24(21)12-14-29(22,23)3)30-36-17-26(33)31-15-5-6-25(31)27(34)35-4/h16,21-25H,5-15,17H2,1-4H3/t21?,22?,23?,24?,25?,28-,29+/m0/s1. The van der Waals surface area contributed by atoms with Gasteiger partial charge in [-0.25, -0.2) is 4.79 Å². The summed E-state index contributed by atoms with van der Waals surface area (Å²) in [6.45, 7) is 7.06. The lowest BCUT2D eigenvalue weighted by molar-refractivity contribution is -0.152. The molecule has 198 valence electrons. The average molecular weight is 499 g/mol. The van der Waals surface area contributed by atoms with E-state index < -0.39 is 6.04 Å². The smallest absolute Gasteiger partial charge is 0.328 e. The number of oxime groups is 1. The number of esters is 1. The van der Waals surface area contributed by atoms with Crippen LogP contribution in [0.4, 0.5) is 0 Å². The van der Waals surface area contributed by atoms with Crippen molar-refractivity contribution in [3.05, 3.63) is 11.6 Å². The minimum Gasteiger partial charge on any atom is -0.467 e. The van der Waals surface area contributed by atoms with E-state index in [1.807, 2.05) is 0 Å². The summed E-state index contributed by atoms with van der Waals surface area (Å²) in [7, 11) is 1.35. The van der Waals surface area contributed by atoms with Crippen LogP contribution in [0, 0.1) is 34.5 Å². The highest BCUT2D eigenvalue weighted by molar-refractivity contribution is 5.96. The van der Waals surface area contributed by atoms with Crippen LogP contribution in [0.1, 0.15) is 85.0 Å². The molecule has 1 saturated heterocycles. The Bertz CT molecular complexity index is 988. The molecule has 0 radical (unpaired) electrons. The van der Waals surface area contributed by atoms with Gasteiger partial charge in [-0.3, -0.25) is 9.59 Å². The van der Waals surface area contributed by atoms with Crippen molar-refractivity contribution in [3.63, 3.8) is 0 Å². The van der Waals surface area contributed by atoms with Gasteiger partial charge < -0.3 is 14.5 Å². The summed E-state index contributed by atoms with van der Waals surface area (Å²) in [5.41, 5.74) is 2.78. The number of carbonyl (C=O) groups is 3. The Morgan fingerprint density at radius 2 is 1.86 bits per heavy atom. The molecular formula is C29H42N2O5. The number of hydrogen-bond donors (Lipinski definition) is 0. The summed E-state index contributed by atoms with van der Waals surface area (Å²) in [6.07, 6.45) is 12.5. The second-order valence-corrected chi connectivity index (χ2v) is 12.4. The summed E-state index contributed by atoms with van der Waals surface area (Å²) in [5, 5.41) is 4.34. The Morgan fingerprint density at radius 3 is 2.61 bits per heavy atom. The van der Waals surface area contributed by atoms with Crippen LogP contribution in [0.5, 0.6) is 0 Å². The number of hydrogen-bond acceptors (Lipinski definition) is 6. The van der Waals surface area contributed by atoms with Crippen LogP contribution in [0.2, 0.25) is 0 Å². The number of Topliss-reactive ketones (excluding diaryl/α,β-unsaturated/α-hetero) is 1. The van der Waals surface area contributed by atoms with Gasteiger partial charge in [0.25, 0.3) is 5.91 Å². The number of carbonyl (C=O) groups excluding carboxylic acids is 3. The highest BCUT2D eigenvalue weighted by Gasteiger charge is 2.59. The third-order valence-corrected chi connectivity index (χ3v) is 10.9. The molecule has 1 amide bonds. The van der Waals surface area contributed by atoms with Gasteiger partial charge in [-0.1, -0.05) is 24.6 Å². The number of fused-ring (bicyclic) bond motifs is 5. The number of likely N-dealkylation sites (tertiary alicyclic amines) is 1. The van der Waals surface area contributed by atoms with Gasteiger partial charge in [0, 0.05) is 12.5 Å². The van der Waals surface area contributed by atoms with Gasteiger partial charge in [0.1, 0.15) is 11.8 Å². The van der Waals surface area contributed by atoms with Gasteiger partial charge >= 0.3 is 5.97 Å². The van der Waals surface area contributed by atoms with Gasteiger partial charge in [-0.2, -0.15) is 0 Å². The first kappa shape index (κ1) is 25.5. The van der Waals surface area contributed by atoms with E-state index in [-0.39, 0.29) is 35.2 Å². The van der Waals surface area contributed by atoms with E-state index in [4.69, 9.17) is 9.57 Å². The number of methoxy groups -OCH3 is 1. The molecule has 0 bridgehead atoms. The third kappa shape index (κ3) is 4.10. The fourth-order valence-corrected chi connectivity index (χ4v) is 9.01. The topological polar surface area (TPSA) is 85.3 Å². The molecule has 3 saturated carbocycles. The fourth-order valence-electron chi connectivity index (χ4n) is 9.01. The summed E-state index contributed by atoms with van der Waals surface area (Å²) < 4.78 is 4.83. The van der Waals surface area contributed by atoms with Crippen molar-refractivity contribution < 1.29 is 24.0 Å². The van der Waals surface area contributed by atoms with E-state index >= 15 is 0 Å². The predicted octanol–water partition coefficient (Wildman–Crippen LogP) is 4.69. The fraction of sp³-hybridized carbons (Fsp3) is 0.793. The zero-order valence-electron chi connectivity index (χ0n) is 22.4. The van der Waals surface area contributed by atoms with Crippen LogP contribution in [-0.2, 0) is 24.0 Å². The molecule has 4 fully saturated rings. The largest absolute Gasteiger partial charge is 0.467 e. The molecule has 36 heavy (non-hydrogen) atoms.